The van der Waals surface area contributed by atoms with E-state index < -0.39 is 0 Å². The van der Waals surface area contributed by atoms with E-state index in [1.807, 2.05) is 27.8 Å². The van der Waals surface area contributed by atoms with Crippen LogP contribution in [-0.2, 0) is 0 Å². The van der Waals surface area contributed by atoms with Gasteiger partial charge in [-0.15, -0.1) is 20.8 Å². The molecule has 1 fully saturated rings. The minimum Gasteiger partial charge on any atom is -0.506 e. The molecule has 0 radical (unpaired) electrons. The summed E-state index contributed by atoms with van der Waals surface area (Å²) in [6.07, 6.45) is 16.1. The summed E-state index contributed by atoms with van der Waals surface area (Å²) < 4.78 is 0. The highest BCUT2D eigenvalue weighted by atomic mass is 35.5. The minimum atomic E-state index is -0.0135. The van der Waals surface area contributed by atoms with Crippen LogP contribution in [0.3, 0.4) is 0 Å². The highest BCUT2D eigenvalue weighted by Gasteiger charge is 2.25. The van der Waals surface area contributed by atoms with Gasteiger partial charge in [0.05, 0.1) is 5.02 Å². The summed E-state index contributed by atoms with van der Waals surface area (Å²) in [6, 6.07) is 13.2. The van der Waals surface area contributed by atoms with Crippen molar-refractivity contribution in [2.24, 2.45) is 17.4 Å². The Kier molecular flexibility index (Phi) is 34.1. The molecule has 9 heteroatoms. The molecule has 41 heavy (non-hydrogen) atoms. The van der Waals surface area contributed by atoms with Gasteiger partial charge in [0, 0.05) is 36.4 Å². The topological polar surface area (TPSA) is 146 Å². The second-order valence-corrected chi connectivity index (χ2v) is 11.3. The number of hydrazine groups is 1. The van der Waals surface area contributed by atoms with Crippen LogP contribution in [0.25, 0.3) is 5.57 Å². The van der Waals surface area contributed by atoms with Crippen molar-refractivity contribution >= 4 is 37.0 Å². The number of phenols is 1. The lowest BCUT2D eigenvalue weighted by molar-refractivity contribution is 0.475. The van der Waals surface area contributed by atoms with Gasteiger partial charge in [-0.1, -0.05) is 69.8 Å². The number of anilines is 1. The van der Waals surface area contributed by atoms with E-state index in [0.717, 1.165) is 17.8 Å². The first-order valence-electron chi connectivity index (χ1n) is 13.2. The molecule has 1 aliphatic carbocycles. The van der Waals surface area contributed by atoms with E-state index >= 15 is 0 Å². The smallest absolute Gasteiger partial charge is 0.134 e. The number of allylic oxidation sites excluding steroid dienone is 2. The number of phenolic OH excluding ortho intramolecular Hbond substituents is 1. The SMILES string of the molecule is C#C.C=C(C)Nc1ccccc1C1CC1.C=CNC.CC.CCP(C)C.N=C/C(=C\N)c1ccc(Cl)c(O)c1.NN. The molecule has 0 atom stereocenters. The van der Waals surface area contributed by atoms with Crippen LogP contribution in [-0.4, -0.2) is 37.9 Å². The largest absolute Gasteiger partial charge is 0.506 e. The molecule has 2 aromatic rings. The number of rotatable bonds is 7. The summed E-state index contributed by atoms with van der Waals surface area (Å²) in [5.74, 6) is 8.78. The molecule has 0 aliphatic heterocycles. The Labute approximate surface area is 256 Å². The third-order valence-corrected chi connectivity index (χ3v) is 6.36. The number of hydrogen-bond acceptors (Lipinski definition) is 7. The lowest BCUT2D eigenvalue weighted by Crippen LogP contribution is -2.02. The van der Waals surface area contributed by atoms with Crippen molar-refractivity contribution in [2.45, 2.75) is 46.5 Å². The normalized spacial score (nSPS) is 10.5. The lowest BCUT2D eigenvalue weighted by atomic mass is 10.1. The zero-order valence-corrected chi connectivity index (χ0v) is 27.7. The number of aromatic hydroxyl groups is 1. The Morgan fingerprint density at radius 1 is 1.17 bits per heavy atom. The van der Waals surface area contributed by atoms with Gasteiger partial charge in [0.1, 0.15) is 5.75 Å². The van der Waals surface area contributed by atoms with E-state index in [1.165, 1.54) is 42.5 Å². The molecule has 10 N–H and O–H groups in total. The van der Waals surface area contributed by atoms with Crippen molar-refractivity contribution in [2.75, 3.05) is 31.9 Å². The molecule has 7 nitrogen and oxygen atoms in total. The van der Waals surface area contributed by atoms with Gasteiger partial charge in [-0.25, -0.2) is 0 Å². The van der Waals surface area contributed by atoms with Crippen LogP contribution < -0.4 is 28.1 Å². The number of halogens is 1. The van der Waals surface area contributed by atoms with E-state index in [0.29, 0.717) is 19.1 Å². The van der Waals surface area contributed by atoms with Crippen LogP contribution in [0.1, 0.15) is 57.6 Å². The number of nitrogens with two attached hydrogens (primary N) is 3. The van der Waals surface area contributed by atoms with Crippen molar-refractivity contribution in [1.29, 1.82) is 5.41 Å². The fraction of sp³-hybridized carbons (Fsp3) is 0.344. The van der Waals surface area contributed by atoms with Gasteiger partial charge in [0.15, 0.2) is 0 Å². The van der Waals surface area contributed by atoms with Gasteiger partial charge in [-0.3, -0.25) is 11.7 Å². The summed E-state index contributed by atoms with van der Waals surface area (Å²) in [5.41, 5.74) is 10.2. The van der Waals surface area contributed by atoms with Crippen LogP contribution in [0.2, 0.25) is 5.02 Å². The number of benzene rings is 2. The first-order chi connectivity index (χ1) is 19.6. The van der Waals surface area contributed by atoms with Crippen molar-refractivity contribution in [1.82, 2.24) is 5.32 Å². The van der Waals surface area contributed by atoms with Gasteiger partial charge < -0.3 is 26.9 Å². The van der Waals surface area contributed by atoms with Crippen LogP contribution in [0.4, 0.5) is 5.69 Å². The Hall–Kier alpha value is -3.27. The molecule has 0 amide bonds. The van der Waals surface area contributed by atoms with Crippen LogP contribution in [0.5, 0.6) is 5.75 Å². The van der Waals surface area contributed by atoms with Crippen LogP contribution in [0.15, 0.2) is 73.7 Å². The van der Waals surface area contributed by atoms with E-state index in [1.54, 1.807) is 18.3 Å². The van der Waals surface area contributed by atoms with Crippen molar-refractivity contribution in [3.8, 4) is 18.6 Å². The quantitative estimate of drug-likeness (QED) is 0.0566. The van der Waals surface area contributed by atoms with Gasteiger partial charge in [-0.05, 0) is 80.7 Å². The molecular weight excluding hydrogens is 551 g/mol. The third-order valence-electron chi connectivity index (χ3n) is 4.78. The summed E-state index contributed by atoms with van der Waals surface area (Å²) >= 11 is 5.61. The second-order valence-electron chi connectivity index (χ2n) is 8.09. The Morgan fingerprint density at radius 2 is 1.66 bits per heavy atom. The summed E-state index contributed by atoms with van der Waals surface area (Å²) in [5, 5.41) is 22.6. The van der Waals surface area contributed by atoms with Gasteiger partial charge in [-0.2, -0.15) is 0 Å². The Morgan fingerprint density at radius 3 is 2.00 bits per heavy atom. The predicted octanol–water partition coefficient (Wildman–Crippen LogP) is 7.70. The molecular formula is C32H54ClN6OP. The minimum absolute atomic E-state index is 0.0135. The van der Waals surface area contributed by atoms with E-state index in [2.05, 4.69) is 92.8 Å². The zero-order valence-electron chi connectivity index (χ0n) is 26.0. The van der Waals surface area contributed by atoms with Crippen molar-refractivity contribution in [3.63, 3.8) is 0 Å². The zero-order chi connectivity index (χ0) is 32.8. The highest BCUT2D eigenvalue weighted by molar-refractivity contribution is 7.55. The van der Waals surface area contributed by atoms with Crippen LogP contribution in [0, 0.1) is 18.3 Å². The molecule has 3 rings (SSSR count). The molecule has 0 spiro atoms. The standard InChI is InChI=1S/C12H15N.C9H9ClN2O.C4H11P.C3H7N.C2H6.C2H2.H4N2/c1-9(2)13-12-6-4-3-5-11(12)10-7-8-10;10-8-2-1-6(3-9(8)13)7(4-11)5-12;1-4-5(2)3;1-3-4-2;3*1-2/h3-6,10,13H,1,7-8H2,2H3;1-5,11,13H,12H2;4H2,1-3H3;3-4H,1H2,2H3;1-2H3;1-2H;1-2H2/b;7-5+,11-4?;;;;;. The third kappa shape index (κ3) is 24.3. The molecule has 0 unspecified atom stereocenters. The first-order valence-corrected chi connectivity index (χ1v) is 16.0. The maximum absolute atomic E-state index is 9.26. The number of terminal acetylenes is 1. The molecule has 230 valence electrons. The Bertz CT molecular complexity index is 1000. The van der Waals surface area contributed by atoms with Crippen molar-refractivity contribution in [3.05, 3.63) is 89.9 Å². The predicted molar refractivity (Wildman–Crippen MR) is 189 cm³/mol. The Balaban J connectivity index is -0.000000228. The maximum atomic E-state index is 9.26. The summed E-state index contributed by atoms with van der Waals surface area (Å²) in [7, 11) is 2.21. The average molecular weight is 605 g/mol. The van der Waals surface area contributed by atoms with E-state index in [-0.39, 0.29) is 10.8 Å². The van der Waals surface area contributed by atoms with Crippen LogP contribution >= 0.6 is 19.5 Å². The summed E-state index contributed by atoms with van der Waals surface area (Å²) in [4.78, 5) is 0. The molecule has 1 saturated carbocycles. The molecule has 0 bridgehead atoms. The molecule has 0 heterocycles. The monoisotopic (exact) mass is 604 g/mol. The van der Waals surface area contributed by atoms with Gasteiger partial charge >= 0.3 is 0 Å². The fourth-order valence-electron chi connectivity index (χ4n) is 2.51. The molecule has 0 saturated heterocycles. The maximum Gasteiger partial charge on any atom is 0.134 e. The molecule has 0 aromatic heterocycles. The second kappa shape index (κ2) is 31.3. The number of para-hydroxylation sites is 1. The summed E-state index contributed by atoms with van der Waals surface area (Å²) in [6.45, 7) is 20.0. The molecule has 1 aliphatic rings. The first kappa shape index (κ1) is 44.7. The van der Waals surface area contributed by atoms with E-state index in [4.69, 9.17) is 22.7 Å². The average Bonchev–Trinajstić information content (AvgIpc) is 3.85. The highest BCUT2D eigenvalue weighted by Crippen LogP contribution is 2.43. The number of hydrogen-bond donors (Lipinski definition) is 7. The number of nitrogens with one attached hydrogen (secondary N) is 3. The van der Waals surface area contributed by atoms with Gasteiger partial charge in [0.25, 0.3) is 0 Å². The fourth-order valence-corrected chi connectivity index (χ4v) is 2.63. The lowest BCUT2D eigenvalue weighted by Gasteiger charge is -2.10. The van der Waals surface area contributed by atoms with Crippen molar-refractivity contribution < 1.29 is 5.11 Å². The van der Waals surface area contributed by atoms with E-state index in [9.17, 15) is 5.11 Å². The molecule has 2 aromatic carbocycles. The van der Waals surface area contributed by atoms with Gasteiger partial charge in [0.2, 0.25) is 0 Å².